The van der Waals surface area contributed by atoms with E-state index < -0.39 is 5.25 Å². The molecule has 0 fully saturated rings. The van der Waals surface area contributed by atoms with Crippen molar-refractivity contribution in [3.63, 3.8) is 0 Å². The molecule has 0 spiro atoms. The Balaban J connectivity index is 1.64. The van der Waals surface area contributed by atoms with Gasteiger partial charge in [-0.15, -0.1) is 10.2 Å². The van der Waals surface area contributed by atoms with Crippen LogP contribution in [0, 0.1) is 6.92 Å². The number of hydrogen-bond donors (Lipinski definition) is 1. The van der Waals surface area contributed by atoms with Gasteiger partial charge in [0.1, 0.15) is 5.82 Å². The smallest absolute Gasteiger partial charge is 0.277 e. The molecule has 0 aliphatic heterocycles. The number of aryl methyl sites for hydroxylation is 1. The van der Waals surface area contributed by atoms with E-state index in [-0.39, 0.29) is 11.9 Å². The third-order valence-corrected chi connectivity index (χ3v) is 4.70. The van der Waals surface area contributed by atoms with Crippen LogP contribution in [0.1, 0.15) is 32.4 Å². The van der Waals surface area contributed by atoms with Crippen molar-refractivity contribution >= 4 is 23.5 Å². The molecule has 0 unspecified atom stereocenters. The van der Waals surface area contributed by atoms with Crippen LogP contribution in [0.2, 0.25) is 0 Å². The maximum absolute atomic E-state index is 12.4. The van der Waals surface area contributed by atoms with Crippen LogP contribution in [0.4, 0.5) is 5.82 Å². The fourth-order valence-corrected chi connectivity index (χ4v) is 3.01. The van der Waals surface area contributed by atoms with Crippen molar-refractivity contribution in [2.24, 2.45) is 0 Å². The van der Waals surface area contributed by atoms with E-state index in [4.69, 9.17) is 4.42 Å². The SMILES string of the molecule is Cc1ccc(-c2nnc(S[C@H](C)C(=O)Nc3ccnn3C(C)C)o2)cc1. The van der Waals surface area contributed by atoms with E-state index in [9.17, 15) is 4.79 Å². The summed E-state index contributed by atoms with van der Waals surface area (Å²) < 4.78 is 7.43. The minimum atomic E-state index is -0.392. The summed E-state index contributed by atoms with van der Waals surface area (Å²) in [6, 6.07) is 9.77. The normalized spacial score (nSPS) is 12.3. The lowest BCUT2D eigenvalue weighted by atomic mass is 10.1. The van der Waals surface area contributed by atoms with E-state index in [0.29, 0.717) is 16.9 Å². The topological polar surface area (TPSA) is 85.8 Å². The summed E-state index contributed by atoms with van der Waals surface area (Å²) in [7, 11) is 0. The fourth-order valence-electron chi connectivity index (χ4n) is 2.33. The quantitative estimate of drug-likeness (QED) is 0.661. The Kier molecular flexibility index (Phi) is 5.41. The molecule has 8 heteroatoms. The largest absolute Gasteiger partial charge is 0.411 e. The summed E-state index contributed by atoms with van der Waals surface area (Å²) >= 11 is 1.22. The van der Waals surface area contributed by atoms with Crippen molar-refractivity contribution in [2.75, 3.05) is 5.32 Å². The highest BCUT2D eigenvalue weighted by molar-refractivity contribution is 8.00. The highest BCUT2D eigenvalue weighted by Crippen LogP contribution is 2.27. The maximum atomic E-state index is 12.4. The summed E-state index contributed by atoms with van der Waals surface area (Å²) in [4.78, 5) is 12.4. The van der Waals surface area contributed by atoms with Crippen LogP contribution in [0.5, 0.6) is 0 Å². The van der Waals surface area contributed by atoms with Gasteiger partial charge in [0.2, 0.25) is 11.8 Å². The minimum absolute atomic E-state index is 0.146. The Bertz CT molecular complexity index is 885. The average molecular weight is 371 g/mol. The zero-order valence-corrected chi connectivity index (χ0v) is 15.9. The molecule has 0 aliphatic carbocycles. The molecule has 3 rings (SSSR count). The Morgan fingerprint density at radius 1 is 1.15 bits per heavy atom. The van der Waals surface area contributed by atoms with Gasteiger partial charge in [-0.1, -0.05) is 29.5 Å². The van der Waals surface area contributed by atoms with Gasteiger partial charge < -0.3 is 9.73 Å². The first-order valence-electron chi connectivity index (χ1n) is 8.35. The maximum Gasteiger partial charge on any atom is 0.277 e. The zero-order chi connectivity index (χ0) is 18.7. The van der Waals surface area contributed by atoms with Gasteiger partial charge >= 0.3 is 0 Å². The Labute approximate surface area is 156 Å². The van der Waals surface area contributed by atoms with Gasteiger partial charge in [0.05, 0.1) is 11.4 Å². The summed E-state index contributed by atoms with van der Waals surface area (Å²) in [5, 5.41) is 15.2. The lowest BCUT2D eigenvalue weighted by Gasteiger charge is -2.13. The standard InChI is InChI=1S/C18H21N5O2S/c1-11(2)23-15(9-10-19-23)20-16(24)13(4)26-18-22-21-17(25-18)14-7-5-12(3)6-8-14/h5-11,13H,1-4H3,(H,20,24)/t13-/m1/s1. The first-order chi connectivity index (χ1) is 12.4. The predicted molar refractivity (Wildman–Crippen MR) is 101 cm³/mol. The van der Waals surface area contributed by atoms with Crippen molar-refractivity contribution in [1.29, 1.82) is 0 Å². The number of nitrogens with one attached hydrogen (secondary N) is 1. The molecule has 1 amide bonds. The van der Waals surface area contributed by atoms with Gasteiger partial charge in [0.25, 0.3) is 5.22 Å². The number of anilines is 1. The second-order valence-electron chi connectivity index (χ2n) is 6.24. The van der Waals surface area contributed by atoms with E-state index in [0.717, 1.165) is 11.1 Å². The number of benzene rings is 1. The second-order valence-corrected chi connectivity index (χ2v) is 7.54. The van der Waals surface area contributed by atoms with E-state index in [1.54, 1.807) is 23.9 Å². The molecule has 2 heterocycles. The summed E-state index contributed by atoms with van der Waals surface area (Å²) in [5.74, 6) is 0.966. The van der Waals surface area contributed by atoms with E-state index >= 15 is 0 Å². The van der Waals surface area contributed by atoms with Gasteiger partial charge in [-0.05, 0) is 39.8 Å². The number of thioether (sulfide) groups is 1. The number of aromatic nitrogens is 4. The Hall–Kier alpha value is -2.61. The predicted octanol–water partition coefficient (Wildman–Crippen LogP) is 3.94. The third kappa shape index (κ3) is 4.13. The zero-order valence-electron chi connectivity index (χ0n) is 15.1. The minimum Gasteiger partial charge on any atom is -0.411 e. The molecular formula is C18H21N5O2S. The molecule has 0 saturated heterocycles. The van der Waals surface area contributed by atoms with Crippen molar-refractivity contribution in [2.45, 2.75) is 44.2 Å². The summed E-state index contributed by atoms with van der Waals surface area (Å²) in [6.45, 7) is 7.83. The molecule has 0 aliphatic rings. The van der Waals surface area contributed by atoms with Crippen LogP contribution < -0.4 is 5.32 Å². The van der Waals surface area contributed by atoms with E-state index in [2.05, 4.69) is 20.6 Å². The fraction of sp³-hybridized carbons (Fsp3) is 0.333. The van der Waals surface area contributed by atoms with Gasteiger partial charge in [-0.25, -0.2) is 4.68 Å². The van der Waals surface area contributed by atoms with Gasteiger partial charge in [0, 0.05) is 17.7 Å². The van der Waals surface area contributed by atoms with E-state index in [1.165, 1.54) is 11.8 Å². The molecule has 0 saturated carbocycles. The molecule has 0 bridgehead atoms. The number of hydrogen-bond acceptors (Lipinski definition) is 6. The Morgan fingerprint density at radius 3 is 2.58 bits per heavy atom. The number of amides is 1. The molecule has 1 aromatic carbocycles. The number of carbonyl (C=O) groups is 1. The summed E-state index contributed by atoms with van der Waals surface area (Å²) in [5.41, 5.74) is 2.02. The van der Waals surface area contributed by atoms with Crippen LogP contribution in [0.3, 0.4) is 0 Å². The highest BCUT2D eigenvalue weighted by Gasteiger charge is 2.20. The Morgan fingerprint density at radius 2 is 1.88 bits per heavy atom. The van der Waals surface area contributed by atoms with Crippen LogP contribution in [0.25, 0.3) is 11.5 Å². The molecule has 0 radical (unpaired) electrons. The molecule has 1 atom stereocenters. The van der Waals surface area contributed by atoms with Crippen LogP contribution in [-0.2, 0) is 4.79 Å². The molecule has 1 N–H and O–H groups in total. The van der Waals surface area contributed by atoms with Crippen LogP contribution in [-0.4, -0.2) is 31.1 Å². The van der Waals surface area contributed by atoms with Gasteiger partial charge in [-0.2, -0.15) is 5.10 Å². The average Bonchev–Trinajstić information content (AvgIpc) is 3.25. The summed E-state index contributed by atoms with van der Waals surface area (Å²) in [6.07, 6.45) is 1.67. The van der Waals surface area contributed by atoms with E-state index in [1.807, 2.05) is 45.0 Å². The second kappa shape index (κ2) is 7.74. The van der Waals surface area contributed by atoms with Crippen LogP contribution >= 0.6 is 11.8 Å². The molecular weight excluding hydrogens is 350 g/mol. The van der Waals surface area contributed by atoms with Crippen molar-refractivity contribution in [3.8, 4) is 11.5 Å². The molecule has 136 valence electrons. The van der Waals surface area contributed by atoms with Crippen molar-refractivity contribution < 1.29 is 9.21 Å². The number of rotatable bonds is 6. The monoisotopic (exact) mass is 371 g/mol. The lowest BCUT2D eigenvalue weighted by molar-refractivity contribution is -0.115. The van der Waals surface area contributed by atoms with Gasteiger partial charge in [0.15, 0.2) is 0 Å². The van der Waals surface area contributed by atoms with Crippen molar-refractivity contribution in [3.05, 3.63) is 42.1 Å². The molecule has 26 heavy (non-hydrogen) atoms. The first-order valence-corrected chi connectivity index (χ1v) is 9.23. The number of carbonyl (C=O) groups excluding carboxylic acids is 1. The third-order valence-electron chi connectivity index (χ3n) is 3.76. The highest BCUT2D eigenvalue weighted by atomic mass is 32.2. The number of nitrogens with zero attached hydrogens (tertiary/aromatic N) is 4. The van der Waals surface area contributed by atoms with Gasteiger partial charge in [-0.3, -0.25) is 4.79 Å². The first kappa shape index (κ1) is 18.2. The molecule has 3 aromatic rings. The van der Waals surface area contributed by atoms with Crippen LogP contribution in [0.15, 0.2) is 46.2 Å². The molecule has 2 aromatic heterocycles. The lowest BCUT2D eigenvalue weighted by Crippen LogP contribution is -2.24. The molecule has 7 nitrogen and oxygen atoms in total. The van der Waals surface area contributed by atoms with Crippen molar-refractivity contribution in [1.82, 2.24) is 20.0 Å².